The van der Waals surface area contributed by atoms with Crippen molar-refractivity contribution in [1.82, 2.24) is 0 Å². The maximum absolute atomic E-state index is 11.0. The van der Waals surface area contributed by atoms with Crippen molar-refractivity contribution < 1.29 is 46.8 Å². The summed E-state index contributed by atoms with van der Waals surface area (Å²) in [4.78, 5) is 27.2. The third kappa shape index (κ3) is 17.9. The summed E-state index contributed by atoms with van der Waals surface area (Å²) in [7, 11) is 0. The van der Waals surface area contributed by atoms with Crippen LogP contribution in [0.25, 0.3) is 0 Å². The fourth-order valence-corrected chi connectivity index (χ4v) is 4.94. The molecule has 0 saturated carbocycles. The molecular formula is C40H54CoN2O6. The monoisotopic (exact) mass is 717 g/mol. The number of phenols is 2. The Balaban J connectivity index is 0.00000230. The van der Waals surface area contributed by atoms with E-state index < -0.39 is 11.9 Å². The van der Waals surface area contributed by atoms with Crippen LogP contribution >= 0.6 is 0 Å². The number of hydrogen-bond donors (Lipinski definition) is 2. The van der Waals surface area contributed by atoms with Crippen molar-refractivity contribution in [3.63, 3.8) is 0 Å². The van der Waals surface area contributed by atoms with Crippen molar-refractivity contribution in [2.75, 3.05) is 0 Å². The molecule has 0 saturated heterocycles. The fraction of sp³-hybridized carbons (Fsp3) is 0.450. The van der Waals surface area contributed by atoms with Gasteiger partial charge in [0.1, 0.15) is 11.5 Å². The van der Waals surface area contributed by atoms with Crippen molar-refractivity contribution in [3.05, 3.63) is 81.9 Å². The zero-order valence-corrected chi connectivity index (χ0v) is 32.1. The van der Waals surface area contributed by atoms with Gasteiger partial charge < -0.3 is 30.0 Å². The van der Waals surface area contributed by atoms with Crippen molar-refractivity contribution in [2.45, 2.75) is 108 Å². The van der Waals surface area contributed by atoms with E-state index >= 15 is 0 Å². The fourth-order valence-electron chi connectivity index (χ4n) is 4.94. The van der Waals surface area contributed by atoms with Crippen LogP contribution in [-0.4, -0.2) is 34.6 Å². The Kier molecular flexibility index (Phi) is 18.3. The largest absolute Gasteiger partial charge is 2.00 e. The van der Waals surface area contributed by atoms with Crippen molar-refractivity contribution >= 4 is 35.7 Å². The standard InChI is InChI=1S/C36H48N2O2.2C2H4O2.Co/c1-23(2)31-16-25(19-35(5,6)7)14-27(33(31)39)21-37-29-12-11-13-30(18-29)38-22-28-15-26(20-36(8,9)10)17-32(24(3)4)34(28)40;2*1-2(3)4;/h11-18,21-24,39-40H,19-20H2,1-10H3;2*1H3,(H,3,4);/q;;;+2/p-2. The molecule has 0 fully saturated rings. The van der Waals surface area contributed by atoms with Gasteiger partial charge in [0.2, 0.25) is 0 Å². The van der Waals surface area contributed by atoms with Gasteiger partial charge in [-0.3, -0.25) is 9.98 Å². The number of rotatable bonds is 8. The SMILES string of the molecule is CC(=O)[O-].CC(=O)[O-].CC(C)c1cc(CC(C)(C)C)cc(C=Nc2cccc(N=Cc3cc(CC(C)(C)C)cc(C(C)C)c3O)c2)c1O.[Co+2]. The summed E-state index contributed by atoms with van der Waals surface area (Å²) in [5.41, 5.74) is 7.50. The predicted octanol–water partition coefficient (Wildman–Crippen LogP) is 7.53. The molecule has 3 aromatic rings. The molecule has 3 aromatic carbocycles. The van der Waals surface area contributed by atoms with E-state index in [9.17, 15) is 10.2 Å². The maximum Gasteiger partial charge on any atom is 2.00 e. The van der Waals surface area contributed by atoms with E-state index in [1.807, 2.05) is 36.4 Å². The van der Waals surface area contributed by atoms with Crippen LogP contribution in [-0.2, 0) is 39.2 Å². The van der Waals surface area contributed by atoms with E-state index in [1.54, 1.807) is 12.4 Å². The number of nitrogens with zero attached hydrogens (tertiary/aromatic N) is 2. The van der Waals surface area contributed by atoms with Crippen LogP contribution in [0.3, 0.4) is 0 Å². The molecule has 0 amide bonds. The van der Waals surface area contributed by atoms with Crippen LogP contribution in [0, 0.1) is 10.8 Å². The first-order valence-corrected chi connectivity index (χ1v) is 16.2. The summed E-state index contributed by atoms with van der Waals surface area (Å²) in [6.07, 6.45) is 5.32. The molecule has 0 aromatic heterocycles. The number of carbonyl (C=O) groups excluding carboxylic acids is 2. The van der Waals surface area contributed by atoms with Gasteiger partial charge in [-0.15, -0.1) is 0 Å². The number of benzene rings is 3. The molecular weight excluding hydrogens is 663 g/mol. The van der Waals surface area contributed by atoms with Crippen LogP contribution in [0.2, 0.25) is 0 Å². The third-order valence-electron chi connectivity index (χ3n) is 6.71. The molecule has 2 N–H and O–H groups in total. The summed E-state index contributed by atoms with van der Waals surface area (Å²) in [5, 5.41) is 39.7. The Labute approximate surface area is 303 Å². The Morgan fingerprint density at radius 2 is 0.980 bits per heavy atom. The van der Waals surface area contributed by atoms with Gasteiger partial charge in [0, 0.05) is 35.5 Å². The molecule has 0 aliphatic carbocycles. The minimum Gasteiger partial charge on any atom is -0.550 e. The molecule has 0 heterocycles. The molecule has 9 heteroatoms. The second-order valence-electron chi connectivity index (χ2n) is 15.0. The minimum absolute atomic E-state index is 0. The Bertz CT molecular complexity index is 1470. The zero-order chi connectivity index (χ0) is 37.0. The van der Waals surface area contributed by atoms with E-state index in [-0.39, 0.29) is 50.9 Å². The third-order valence-corrected chi connectivity index (χ3v) is 6.71. The van der Waals surface area contributed by atoms with Gasteiger partial charge >= 0.3 is 16.8 Å². The number of aliphatic carboxylic acids is 2. The molecule has 8 nitrogen and oxygen atoms in total. The maximum atomic E-state index is 11.0. The number of carbonyl (C=O) groups is 2. The molecule has 49 heavy (non-hydrogen) atoms. The van der Waals surface area contributed by atoms with E-state index in [4.69, 9.17) is 29.8 Å². The summed E-state index contributed by atoms with van der Waals surface area (Å²) < 4.78 is 0. The number of carboxylic acids is 2. The van der Waals surface area contributed by atoms with Crippen molar-refractivity contribution in [2.24, 2.45) is 20.8 Å². The van der Waals surface area contributed by atoms with Crippen molar-refractivity contribution in [3.8, 4) is 11.5 Å². The van der Waals surface area contributed by atoms with Gasteiger partial charge in [0.05, 0.1) is 11.4 Å². The van der Waals surface area contributed by atoms with Gasteiger partial charge in [-0.1, -0.05) is 87.4 Å². The molecule has 0 atom stereocenters. The summed E-state index contributed by atoms with van der Waals surface area (Å²) in [6, 6.07) is 16.0. The molecule has 0 aliphatic heterocycles. The number of hydrogen-bond acceptors (Lipinski definition) is 8. The van der Waals surface area contributed by atoms with Crippen LogP contribution in [0.5, 0.6) is 11.5 Å². The second-order valence-corrected chi connectivity index (χ2v) is 15.0. The average Bonchev–Trinajstić information content (AvgIpc) is 2.91. The first-order chi connectivity index (χ1) is 22.0. The Hall–Kier alpha value is -3.95. The summed E-state index contributed by atoms with van der Waals surface area (Å²) >= 11 is 0. The van der Waals surface area contributed by atoms with Crippen LogP contribution in [0.1, 0.15) is 128 Å². The van der Waals surface area contributed by atoms with Crippen LogP contribution in [0.15, 0.2) is 58.5 Å². The van der Waals surface area contributed by atoms with Gasteiger partial charge in [0.15, 0.2) is 0 Å². The van der Waals surface area contributed by atoms with Gasteiger partial charge in [-0.05, 0) is 102 Å². The summed E-state index contributed by atoms with van der Waals surface area (Å²) in [6.45, 7) is 23.7. The number of aliphatic imine (C=N–C) groups is 2. The second kappa shape index (κ2) is 19.9. The minimum atomic E-state index is -1.08. The topological polar surface area (TPSA) is 145 Å². The number of phenolic OH excluding ortho intramolecular Hbond substituents is 2. The van der Waals surface area contributed by atoms with E-state index in [2.05, 4.69) is 81.4 Å². The normalized spacial score (nSPS) is 11.6. The quantitative estimate of drug-likeness (QED) is 0.231. The smallest absolute Gasteiger partial charge is 0.550 e. The Morgan fingerprint density at radius 1 is 0.673 bits per heavy atom. The molecule has 1 radical (unpaired) electrons. The zero-order valence-electron chi connectivity index (χ0n) is 31.1. The molecule has 0 bridgehead atoms. The van der Waals surface area contributed by atoms with E-state index in [1.165, 1.54) is 11.1 Å². The molecule has 3 rings (SSSR count). The number of aromatic hydroxyl groups is 2. The molecule has 0 unspecified atom stereocenters. The first kappa shape index (κ1) is 45.0. The number of carboxylic acid groups (broad SMARTS) is 2. The predicted molar refractivity (Wildman–Crippen MR) is 193 cm³/mol. The molecule has 0 aliphatic rings. The van der Waals surface area contributed by atoms with Gasteiger partial charge in [-0.2, -0.15) is 0 Å². The van der Waals surface area contributed by atoms with Crippen molar-refractivity contribution in [1.29, 1.82) is 0 Å². The van der Waals surface area contributed by atoms with Crippen LogP contribution < -0.4 is 10.2 Å². The Morgan fingerprint density at radius 3 is 1.24 bits per heavy atom. The van der Waals surface area contributed by atoms with E-state index in [0.717, 1.165) is 60.3 Å². The van der Waals surface area contributed by atoms with Gasteiger partial charge in [-0.25, -0.2) is 0 Å². The van der Waals surface area contributed by atoms with Gasteiger partial charge in [0.25, 0.3) is 0 Å². The molecule has 269 valence electrons. The summed E-state index contributed by atoms with van der Waals surface area (Å²) in [5.74, 6) is -1.17. The average molecular weight is 718 g/mol. The first-order valence-electron chi connectivity index (χ1n) is 16.2. The van der Waals surface area contributed by atoms with Crippen LogP contribution in [0.4, 0.5) is 11.4 Å². The molecule has 0 spiro atoms. The van der Waals surface area contributed by atoms with E-state index in [0.29, 0.717) is 0 Å².